The maximum absolute atomic E-state index is 12.4. The molecule has 108 valence electrons. The third-order valence-electron chi connectivity index (χ3n) is 3.40. The van der Waals surface area contributed by atoms with Crippen LogP contribution in [0.15, 0.2) is 24.3 Å². The highest BCUT2D eigenvalue weighted by Crippen LogP contribution is 2.22. The number of esters is 1. The Morgan fingerprint density at radius 3 is 2.60 bits per heavy atom. The first-order valence-corrected chi connectivity index (χ1v) is 6.79. The first kappa shape index (κ1) is 14.4. The van der Waals surface area contributed by atoms with Gasteiger partial charge in [-0.05, 0) is 44.0 Å². The van der Waals surface area contributed by atoms with E-state index < -0.39 is 6.04 Å². The lowest BCUT2D eigenvalue weighted by molar-refractivity contribution is -0.145. The van der Waals surface area contributed by atoms with Gasteiger partial charge in [0.25, 0.3) is 5.91 Å². The van der Waals surface area contributed by atoms with E-state index in [-0.39, 0.29) is 11.9 Å². The Bertz CT molecular complexity index is 483. The molecule has 1 atom stereocenters. The molecule has 1 aromatic carbocycles. The second-order valence-corrected chi connectivity index (χ2v) is 4.64. The van der Waals surface area contributed by atoms with Crippen molar-refractivity contribution in [3.05, 3.63) is 29.8 Å². The Balaban J connectivity index is 2.11. The van der Waals surface area contributed by atoms with Crippen molar-refractivity contribution in [2.45, 2.75) is 25.8 Å². The monoisotopic (exact) mass is 277 g/mol. The summed E-state index contributed by atoms with van der Waals surface area (Å²) in [5.41, 5.74) is 0.559. The third-order valence-corrected chi connectivity index (χ3v) is 3.40. The van der Waals surface area contributed by atoms with Gasteiger partial charge in [0.15, 0.2) is 0 Å². The second-order valence-electron chi connectivity index (χ2n) is 4.64. The van der Waals surface area contributed by atoms with E-state index in [1.807, 2.05) is 6.92 Å². The van der Waals surface area contributed by atoms with Crippen LogP contribution in [0.2, 0.25) is 0 Å². The van der Waals surface area contributed by atoms with Crippen LogP contribution in [0, 0.1) is 0 Å². The molecular weight excluding hydrogens is 258 g/mol. The van der Waals surface area contributed by atoms with Crippen LogP contribution in [-0.2, 0) is 9.53 Å². The van der Waals surface area contributed by atoms with Gasteiger partial charge in [-0.25, -0.2) is 4.79 Å². The Morgan fingerprint density at radius 1 is 1.30 bits per heavy atom. The van der Waals surface area contributed by atoms with Gasteiger partial charge >= 0.3 is 5.97 Å². The predicted molar refractivity (Wildman–Crippen MR) is 73.7 cm³/mol. The normalized spacial score (nSPS) is 17.9. The van der Waals surface area contributed by atoms with Gasteiger partial charge in [0.1, 0.15) is 11.8 Å². The maximum Gasteiger partial charge on any atom is 0.328 e. The summed E-state index contributed by atoms with van der Waals surface area (Å²) in [6, 6.07) is 6.51. The van der Waals surface area contributed by atoms with Crippen molar-refractivity contribution in [3.8, 4) is 5.75 Å². The van der Waals surface area contributed by atoms with E-state index in [2.05, 4.69) is 0 Å². The number of likely N-dealkylation sites (tertiary alicyclic amines) is 1. The van der Waals surface area contributed by atoms with Gasteiger partial charge in [-0.3, -0.25) is 4.79 Å². The molecule has 0 aromatic heterocycles. The van der Waals surface area contributed by atoms with E-state index >= 15 is 0 Å². The molecule has 1 amide bonds. The zero-order valence-electron chi connectivity index (χ0n) is 11.8. The number of carbonyl (C=O) groups is 2. The third kappa shape index (κ3) is 2.92. The summed E-state index contributed by atoms with van der Waals surface area (Å²) in [6.07, 6.45) is 1.48. The SMILES string of the molecule is CCOc1ccc(C(=O)N2CCCC2C(=O)OC)cc1. The molecule has 1 fully saturated rings. The van der Waals surface area contributed by atoms with Crippen molar-refractivity contribution in [1.82, 2.24) is 4.90 Å². The maximum atomic E-state index is 12.4. The number of carbonyl (C=O) groups excluding carboxylic acids is 2. The van der Waals surface area contributed by atoms with Crippen molar-refractivity contribution in [2.24, 2.45) is 0 Å². The molecule has 1 saturated heterocycles. The molecule has 5 heteroatoms. The van der Waals surface area contributed by atoms with E-state index in [9.17, 15) is 9.59 Å². The van der Waals surface area contributed by atoms with E-state index in [0.717, 1.165) is 12.2 Å². The largest absolute Gasteiger partial charge is 0.494 e. The summed E-state index contributed by atoms with van der Waals surface area (Å²) < 4.78 is 10.1. The summed E-state index contributed by atoms with van der Waals surface area (Å²) >= 11 is 0. The van der Waals surface area contributed by atoms with Gasteiger partial charge in [0, 0.05) is 12.1 Å². The van der Waals surface area contributed by atoms with Gasteiger partial charge < -0.3 is 14.4 Å². The summed E-state index contributed by atoms with van der Waals surface area (Å²) in [6.45, 7) is 3.08. The van der Waals surface area contributed by atoms with Crippen molar-refractivity contribution < 1.29 is 19.1 Å². The van der Waals surface area contributed by atoms with Crippen LogP contribution in [0.1, 0.15) is 30.1 Å². The van der Waals surface area contributed by atoms with Crippen LogP contribution in [0.5, 0.6) is 5.75 Å². The van der Waals surface area contributed by atoms with Crippen molar-refractivity contribution in [2.75, 3.05) is 20.3 Å². The fourth-order valence-corrected chi connectivity index (χ4v) is 2.42. The number of ether oxygens (including phenoxy) is 2. The topological polar surface area (TPSA) is 55.8 Å². The molecular formula is C15H19NO4. The van der Waals surface area contributed by atoms with E-state index in [1.165, 1.54) is 7.11 Å². The van der Waals surface area contributed by atoms with Crippen LogP contribution in [0.4, 0.5) is 0 Å². The minimum Gasteiger partial charge on any atom is -0.494 e. The van der Waals surface area contributed by atoms with Crippen LogP contribution >= 0.6 is 0 Å². The molecule has 0 radical (unpaired) electrons. The van der Waals surface area contributed by atoms with Gasteiger partial charge in [-0.1, -0.05) is 0 Å². The highest BCUT2D eigenvalue weighted by molar-refractivity contribution is 5.97. The van der Waals surface area contributed by atoms with Gasteiger partial charge in [0.05, 0.1) is 13.7 Å². The van der Waals surface area contributed by atoms with Crippen molar-refractivity contribution in [1.29, 1.82) is 0 Å². The smallest absolute Gasteiger partial charge is 0.328 e. The Labute approximate surface area is 118 Å². The van der Waals surface area contributed by atoms with Gasteiger partial charge in [-0.15, -0.1) is 0 Å². The summed E-state index contributed by atoms with van der Waals surface area (Å²) in [4.78, 5) is 25.7. The van der Waals surface area contributed by atoms with Gasteiger partial charge in [-0.2, -0.15) is 0 Å². The molecule has 1 aliphatic rings. The molecule has 0 N–H and O–H groups in total. The molecule has 1 unspecified atom stereocenters. The predicted octanol–water partition coefficient (Wildman–Crippen LogP) is 1.86. The van der Waals surface area contributed by atoms with E-state index in [0.29, 0.717) is 25.1 Å². The zero-order chi connectivity index (χ0) is 14.5. The quantitative estimate of drug-likeness (QED) is 0.788. The molecule has 1 heterocycles. The molecule has 1 aromatic rings. The number of hydrogen-bond acceptors (Lipinski definition) is 4. The fourth-order valence-electron chi connectivity index (χ4n) is 2.42. The lowest BCUT2D eigenvalue weighted by atomic mass is 10.1. The van der Waals surface area contributed by atoms with Crippen molar-refractivity contribution in [3.63, 3.8) is 0 Å². The Kier molecular flexibility index (Phi) is 4.61. The Morgan fingerprint density at radius 2 is 2.00 bits per heavy atom. The van der Waals surface area contributed by atoms with Crippen LogP contribution in [0.3, 0.4) is 0 Å². The summed E-state index contributed by atoms with van der Waals surface area (Å²) in [5.74, 6) is 0.248. The van der Waals surface area contributed by atoms with E-state index in [4.69, 9.17) is 9.47 Å². The van der Waals surface area contributed by atoms with Crippen LogP contribution in [0.25, 0.3) is 0 Å². The molecule has 1 aliphatic heterocycles. The molecule has 0 aliphatic carbocycles. The minimum absolute atomic E-state index is 0.138. The number of rotatable bonds is 4. The number of amides is 1. The second kappa shape index (κ2) is 6.41. The van der Waals surface area contributed by atoms with Gasteiger partial charge in [0.2, 0.25) is 0 Å². The number of benzene rings is 1. The highest BCUT2D eigenvalue weighted by atomic mass is 16.5. The minimum atomic E-state index is -0.459. The summed E-state index contributed by atoms with van der Waals surface area (Å²) in [7, 11) is 1.35. The number of methoxy groups -OCH3 is 1. The average molecular weight is 277 g/mol. The molecule has 5 nitrogen and oxygen atoms in total. The highest BCUT2D eigenvalue weighted by Gasteiger charge is 2.35. The standard InChI is InChI=1S/C15H19NO4/c1-3-20-12-8-6-11(7-9-12)14(17)16-10-4-5-13(16)15(18)19-2/h6-9,13H,3-5,10H2,1-2H3. The molecule has 20 heavy (non-hydrogen) atoms. The molecule has 0 bridgehead atoms. The lowest BCUT2D eigenvalue weighted by Crippen LogP contribution is -2.41. The number of hydrogen-bond donors (Lipinski definition) is 0. The number of nitrogens with zero attached hydrogens (tertiary/aromatic N) is 1. The molecule has 2 rings (SSSR count). The van der Waals surface area contributed by atoms with Crippen LogP contribution < -0.4 is 4.74 Å². The average Bonchev–Trinajstić information content (AvgIpc) is 2.96. The molecule has 0 spiro atoms. The first-order valence-electron chi connectivity index (χ1n) is 6.79. The molecule has 0 saturated carbocycles. The summed E-state index contributed by atoms with van der Waals surface area (Å²) in [5, 5.41) is 0. The zero-order valence-corrected chi connectivity index (χ0v) is 11.8. The Hall–Kier alpha value is -2.04. The lowest BCUT2D eigenvalue weighted by Gasteiger charge is -2.22. The first-order chi connectivity index (χ1) is 9.67. The fraction of sp³-hybridized carbons (Fsp3) is 0.467. The van der Waals surface area contributed by atoms with E-state index in [1.54, 1.807) is 29.2 Å². The van der Waals surface area contributed by atoms with Crippen molar-refractivity contribution >= 4 is 11.9 Å². The van der Waals surface area contributed by atoms with Crippen LogP contribution in [-0.4, -0.2) is 43.1 Å².